The van der Waals surface area contributed by atoms with Gasteiger partial charge in [-0.2, -0.15) is 0 Å². The van der Waals surface area contributed by atoms with Gasteiger partial charge in [-0.15, -0.1) is 0 Å². The van der Waals surface area contributed by atoms with Gasteiger partial charge < -0.3 is 20.1 Å². The lowest BCUT2D eigenvalue weighted by molar-refractivity contribution is -0.142. The van der Waals surface area contributed by atoms with Crippen LogP contribution in [0.15, 0.2) is 24.3 Å². The van der Waals surface area contributed by atoms with E-state index in [2.05, 4.69) is 5.32 Å². The first-order valence-electron chi connectivity index (χ1n) is 8.46. The zero-order valence-corrected chi connectivity index (χ0v) is 14.1. The fraction of sp³-hybridized carbons (Fsp3) is 0.500. The summed E-state index contributed by atoms with van der Waals surface area (Å²) in [6.07, 6.45) is 1.59. The highest BCUT2D eigenvalue weighted by atomic mass is 16.5. The molecule has 0 unspecified atom stereocenters. The van der Waals surface area contributed by atoms with Crippen LogP contribution in [0.5, 0.6) is 5.75 Å². The van der Waals surface area contributed by atoms with Gasteiger partial charge in [-0.25, -0.2) is 0 Å². The van der Waals surface area contributed by atoms with Crippen molar-refractivity contribution < 1.29 is 24.2 Å². The molecule has 7 nitrogen and oxygen atoms in total. The number of benzene rings is 1. The summed E-state index contributed by atoms with van der Waals surface area (Å²) >= 11 is 0. The molecule has 2 N–H and O–H groups in total. The van der Waals surface area contributed by atoms with E-state index < -0.39 is 11.9 Å². The molecule has 0 aromatic heterocycles. The van der Waals surface area contributed by atoms with Crippen molar-refractivity contribution in [2.24, 2.45) is 17.8 Å². The zero-order chi connectivity index (χ0) is 18.0. The zero-order valence-electron chi connectivity index (χ0n) is 14.1. The molecule has 1 heterocycles. The number of carbonyl (C=O) groups is 3. The molecule has 2 aliphatic rings. The normalized spacial score (nSPS) is 23.0. The van der Waals surface area contributed by atoms with E-state index in [9.17, 15) is 14.4 Å². The van der Waals surface area contributed by atoms with Crippen molar-refractivity contribution in [3.05, 3.63) is 24.3 Å². The van der Waals surface area contributed by atoms with Crippen LogP contribution in [0, 0.1) is 17.8 Å². The van der Waals surface area contributed by atoms with E-state index in [1.165, 1.54) is 0 Å². The first kappa shape index (κ1) is 17.3. The number of ether oxygens (including phenoxy) is 1. The highest BCUT2D eigenvalue weighted by molar-refractivity contribution is 5.94. The maximum absolute atomic E-state index is 12.5. The van der Waals surface area contributed by atoms with Crippen molar-refractivity contribution in [2.45, 2.75) is 19.3 Å². The Labute approximate surface area is 146 Å². The van der Waals surface area contributed by atoms with Crippen LogP contribution < -0.4 is 10.1 Å². The highest BCUT2D eigenvalue weighted by Crippen LogP contribution is 2.40. The Kier molecular flexibility index (Phi) is 4.92. The first-order valence-corrected chi connectivity index (χ1v) is 8.46. The number of likely N-dealkylation sites (tertiary alicyclic amines) is 1. The molecule has 1 saturated heterocycles. The number of aliphatic carboxylic acids is 1. The number of hydrogen-bond donors (Lipinski definition) is 2. The third-order valence-corrected chi connectivity index (χ3v) is 4.97. The summed E-state index contributed by atoms with van der Waals surface area (Å²) in [6, 6.07) is 7.23. The van der Waals surface area contributed by atoms with Crippen molar-refractivity contribution in [2.75, 3.05) is 25.5 Å². The fourth-order valence-electron chi connectivity index (χ4n) is 3.32. The molecule has 1 aromatic carbocycles. The Morgan fingerprint density at radius 3 is 2.44 bits per heavy atom. The second kappa shape index (κ2) is 7.13. The number of nitrogens with one attached hydrogen (secondary N) is 1. The minimum Gasteiger partial charge on any atom is -0.495 e. The van der Waals surface area contributed by atoms with Gasteiger partial charge in [-0.3, -0.25) is 14.4 Å². The third-order valence-electron chi connectivity index (χ3n) is 4.97. The Hall–Kier alpha value is -2.57. The second-order valence-electron chi connectivity index (χ2n) is 6.58. The number of nitrogens with zero attached hydrogens (tertiary/aromatic N) is 1. The van der Waals surface area contributed by atoms with Crippen LogP contribution >= 0.6 is 0 Å². The number of rotatable bonds is 5. The molecule has 2 atom stereocenters. The summed E-state index contributed by atoms with van der Waals surface area (Å²) in [5.74, 6) is -1.53. The average molecular weight is 346 g/mol. The number of methoxy groups -OCH3 is 1. The van der Waals surface area contributed by atoms with Gasteiger partial charge in [0.2, 0.25) is 11.8 Å². The molecule has 3 rings (SSSR count). The lowest BCUT2D eigenvalue weighted by Gasteiger charge is -2.31. The largest absolute Gasteiger partial charge is 0.495 e. The molecular weight excluding hydrogens is 324 g/mol. The predicted molar refractivity (Wildman–Crippen MR) is 90.2 cm³/mol. The number of anilines is 1. The molecule has 0 bridgehead atoms. The van der Waals surface area contributed by atoms with E-state index in [4.69, 9.17) is 9.84 Å². The van der Waals surface area contributed by atoms with Crippen molar-refractivity contribution in [1.82, 2.24) is 4.90 Å². The molecule has 134 valence electrons. The highest BCUT2D eigenvalue weighted by Gasteiger charge is 2.50. The van der Waals surface area contributed by atoms with Gasteiger partial charge in [0, 0.05) is 19.0 Å². The van der Waals surface area contributed by atoms with E-state index >= 15 is 0 Å². The van der Waals surface area contributed by atoms with Gasteiger partial charge in [0.15, 0.2) is 0 Å². The van der Waals surface area contributed by atoms with E-state index in [1.807, 2.05) is 12.1 Å². The monoisotopic (exact) mass is 346 g/mol. The van der Waals surface area contributed by atoms with Gasteiger partial charge >= 0.3 is 5.97 Å². The molecule has 1 aromatic rings. The molecule has 7 heteroatoms. The summed E-state index contributed by atoms with van der Waals surface area (Å²) < 4.78 is 5.23. The SMILES string of the molecule is COc1ccccc1NC(=O)C1CCN(C(=O)[C@@H]2C[C@@H]2C(=O)O)CC1. The van der Waals surface area contributed by atoms with E-state index in [0.29, 0.717) is 43.8 Å². The summed E-state index contributed by atoms with van der Waals surface area (Å²) in [7, 11) is 1.55. The van der Waals surface area contributed by atoms with Crippen molar-refractivity contribution in [1.29, 1.82) is 0 Å². The van der Waals surface area contributed by atoms with Crippen LogP contribution in [-0.2, 0) is 14.4 Å². The maximum Gasteiger partial charge on any atom is 0.307 e. The summed E-state index contributed by atoms with van der Waals surface area (Å²) in [5.41, 5.74) is 0.635. The summed E-state index contributed by atoms with van der Waals surface area (Å²) in [5, 5.41) is 11.8. The van der Waals surface area contributed by atoms with Crippen molar-refractivity contribution in [3.63, 3.8) is 0 Å². The molecule has 2 fully saturated rings. The van der Waals surface area contributed by atoms with Gasteiger partial charge in [0.25, 0.3) is 0 Å². The van der Waals surface area contributed by atoms with Crippen LogP contribution in [-0.4, -0.2) is 48.0 Å². The minimum absolute atomic E-state index is 0.0774. The molecular formula is C18H22N2O5. The van der Waals surface area contributed by atoms with Crippen molar-refractivity contribution >= 4 is 23.5 Å². The Morgan fingerprint density at radius 1 is 1.16 bits per heavy atom. The summed E-state index contributed by atoms with van der Waals surface area (Å²) in [6.45, 7) is 0.983. The summed E-state index contributed by atoms with van der Waals surface area (Å²) in [4.78, 5) is 37.3. The minimum atomic E-state index is -0.899. The van der Waals surface area contributed by atoms with Gasteiger partial charge in [0.1, 0.15) is 5.75 Å². The van der Waals surface area contributed by atoms with Gasteiger partial charge in [0.05, 0.1) is 24.6 Å². The smallest absolute Gasteiger partial charge is 0.307 e. The van der Waals surface area contributed by atoms with Crippen molar-refractivity contribution in [3.8, 4) is 5.75 Å². The molecule has 1 aliphatic carbocycles. The first-order chi connectivity index (χ1) is 12.0. The lowest BCUT2D eigenvalue weighted by Crippen LogP contribution is -2.42. The van der Waals surface area contributed by atoms with E-state index in [-0.39, 0.29) is 23.7 Å². The number of carboxylic acid groups (broad SMARTS) is 1. The number of carboxylic acids is 1. The second-order valence-corrected chi connectivity index (χ2v) is 6.58. The third kappa shape index (κ3) is 3.75. The Balaban J connectivity index is 1.51. The Morgan fingerprint density at radius 2 is 1.84 bits per heavy atom. The standard InChI is InChI=1S/C18H22N2O5/c1-25-15-5-3-2-4-14(15)19-16(21)11-6-8-20(9-7-11)17(22)12-10-13(12)18(23)24/h2-5,11-13H,6-10H2,1H3,(H,19,21)(H,23,24)/t12-,13+/m1/s1. The molecule has 25 heavy (non-hydrogen) atoms. The van der Waals surface area contributed by atoms with Gasteiger partial charge in [-0.05, 0) is 31.4 Å². The Bertz CT molecular complexity index is 682. The van der Waals surface area contributed by atoms with Crippen LogP contribution in [0.3, 0.4) is 0 Å². The molecule has 1 saturated carbocycles. The molecule has 0 radical (unpaired) electrons. The van der Waals surface area contributed by atoms with E-state index in [1.54, 1.807) is 24.1 Å². The average Bonchev–Trinajstić information content (AvgIpc) is 3.43. The van der Waals surface area contributed by atoms with E-state index in [0.717, 1.165) is 0 Å². The quantitative estimate of drug-likeness (QED) is 0.844. The molecule has 0 spiro atoms. The van der Waals surface area contributed by atoms with Crippen LogP contribution in [0.2, 0.25) is 0 Å². The topological polar surface area (TPSA) is 95.9 Å². The van der Waals surface area contributed by atoms with Crippen LogP contribution in [0.25, 0.3) is 0 Å². The number of hydrogen-bond acceptors (Lipinski definition) is 4. The number of amides is 2. The lowest BCUT2D eigenvalue weighted by atomic mass is 9.95. The maximum atomic E-state index is 12.5. The van der Waals surface area contributed by atoms with Crippen LogP contribution in [0.4, 0.5) is 5.69 Å². The number of piperidine rings is 1. The van der Waals surface area contributed by atoms with Gasteiger partial charge in [-0.1, -0.05) is 12.1 Å². The predicted octanol–water partition coefficient (Wildman–Crippen LogP) is 1.59. The molecule has 2 amide bonds. The molecule has 1 aliphatic heterocycles. The number of para-hydroxylation sites is 2. The fourth-order valence-corrected chi connectivity index (χ4v) is 3.32. The van der Waals surface area contributed by atoms with Crippen LogP contribution in [0.1, 0.15) is 19.3 Å². The number of carbonyl (C=O) groups excluding carboxylic acids is 2.